The minimum Gasteiger partial charge on any atom is -0.507 e. The van der Waals surface area contributed by atoms with Gasteiger partial charge in [-0.1, -0.05) is 23.7 Å². The van der Waals surface area contributed by atoms with Crippen molar-refractivity contribution < 1.29 is 18.3 Å². The topological polar surface area (TPSA) is 96.4 Å². The zero-order valence-electron chi connectivity index (χ0n) is 15.4. The van der Waals surface area contributed by atoms with Gasteiger partial charge in [-0.2, -0.15) is 0 Å². The number of aromatic hydroxyl groups is 1. The molecular weight excluding hydrogens is 444 g/mol. The fourth-order valence-corrected chi connectivity index (χ4v) is 5.12. The summed E-state index contributed by atoms with van der Waals surface area (Å²) in [5.74, 6) is -1.39. The van der Waals surface area contributed by atoms with Crippen LogP contribution < -0.4 is 5.32 Å². The van der Waals surface area contributed by atoms with Crippen molar-refractivity contribution in [3.05, 3.63) is 71.8 Å². The Balaban J connectivity index is 1.55. The van der Waals surface area contributed by atoms with E-state index in [0.29, 0.717) is 21.3 Å². The zero-order chi connectivity index (χ0) is 21.3. The summed E-state index contributed by atoms with van der Waals surface area (Å²) < 4.78 is 25.8. The van der Waals surface area contributed by atoms with E-state index in [4.69, 9.17) is 11.6 Å². The van der Waals surface area contributed by atoms with Gasteiger partial charge in [0, 0.05) is 10.7 Å². The molecule has 3 aromatic carbocycles. The number of carbonyl (C=O) groups excluding carboxylic acids is 1. The first kappa shape index (κ1) is 20.3. The minimum atomic E-state index is -3.81. The van der Waals surface area contributed by atoms with Crippen molar-refractivity contribution in [2.45, 2.75) is 4.90 Å². The van der Waals surface area contributed by atoms with Gasteiger partial charge in [-0.15, -0.1) is 11.3 Å². The number of phenols is 1. The van der Waals surface area contributed by atoms with Crippen LogP contribution in [0.4, 0.5) is 5.69 Å². The van der Waals surface area contributed by atoms with Gasteiger partial charge in [-0.3, -0.25) is 4.79 Å². The van der Waals surface area contributed by atoms with E-state index in [9.17, 15) is 18.3 Å². The van der Waals surface area contributed by atoms with E-state index < -0.39 is 21.5 Å². The molecule has 0 aliphatic heterocycles. The molecule has 152 valence electrons. The number of nitrogens with zero attached hydrogens (tertiary/aromatic N) is 1. The number of amides is 1. The maximum atomic E-state index is 12.4. The van der Waals surface area contributed by atoms with Crippen LogP contribution in [0.2, 0.25) is 5.02 Å². The van der Waals surface area contributed by atoms with E-state index in [1.165, 1.54) is 47.7 Å². The molecule has 0 spiro atoms. The minimum absolute atomic E-state index is 0.0147. The Morgan fingerprint density at radius 3 is 2.53 bits per heavy atom. The van der Waals surface area contributed by atoms with Gasteiger partial charge in [0.05, 0.1) is 20.7 Å². The van der Waals surface area contributed by atoms with Gasteiger partial charge in [0.1, 0.15) is 16.5 Å². The summed E-state index contributed by atoms with van der Waals surface area (Å²) in [6, 6.07) is 17.7. The quantitative estimate of drug-likeness (QED) is 0.421. The fourth-order valence-electron chi connectivity index (χ4n) is 2.87. The van der Waals surface area contributed by atoms with E-state index >= 15 is 0 Å². The third kappa shape index (κ3) is 4.30. The highest BCUT2D eigenvalue weighted by Gasteiger charge is 2.20. The summed E-state index contributed by atoms with van der Waals surface area (Å²) in [6.07, 6.45) is 0. The van der Waals surface area contributed by atoms with Crippen LogP contribution in [-0.4, -0.2) is 30.2 Å². The van der Waals surface area contributed by atoms with Crippen LogP contribution in [0.1, 0.15) is 0 Å². The third-order valence-corrected chi connectivity index (χ3v) is 7.25. The molecule has 0 aliphatic carbocycles. The molecule has 0 fully saturated rings. The standard InChI is InChI=1S/C21H15ClN2O4S2/c22-13-5-8-15(9-6-13)30(27,28)12-20(26)23-14-7-10-18(25)16(11-14)21-24-17-3-1-2-4-19(17)29-21/h1-11,25H,12H2,(H,23,26). The number of nitrogens with one attached hydrogen (secondary N) is 1. The predicted octanol–water partition coefficient (Wildman–Crippen LogP) is 4.73. The molecule has 30 heavy (non-hydrogen) atoms. The average Bonchev–Trinajstić information content (AvgIpc) is 3.13. The van der Waals surface area contributed by atoms with Crippen LogP contribution in [-0.2, 0) is 14.6 Å². The number of sulfone groups is 1. The number of phenolic OH excluding ortho intramolecular Hbond substituents is 1. The van der Waals surface area contributed by atoms with Gasteiger partial charge in [-0.25, -0.2) is 13.4 Å². The lowest BCUT2D eigenvalue weighted by Crippen LogP contribution is -2.23. The zero-order valence-corrected chi connectivity index (χ0v) is 17.8. The van der Waals surface area contributed by atoms with Gasteiger partial charge in [0.15, 0.2) is 9.84 Å². The van der Waals surface area contributed by atoms with Crippen molar-refractivity contribution in [1.82, 2.24) is 4.98 Å². The van der Waals surface area contributed by atoms with Crippen LogP contribution in [0.3, 0.4) is 0 Å². The van der Waals surface area contributed by atoms with E-state index in [0.717, 1.165) is 10.2 Å². The number of benzene rings is 3. The first-order valence-corrected chi connectivity index (χ1v) is 11.6. The molecular formula is C21H15ClN2O4S2. The van der Waals surface area contributed by atoms with Crippen LogP contribution in [0, 0.1) is 0 Å². The molecule has 0 saturated heterocycles. The number of carbonyl (C=O) groups is 1. The van der Waals surface area contributed by atoms with E-state index in [1.807, 2.05) is 24.3 Å². The molecule has 9 heteroatoms. The summed E-state index contributed by atoms with van der Waals surface area (Å²) >= 11 is 7.19. The van der Waals surface area contributed by atoms with Crippen molar-refractivity contribution >= 4 is 54.6 Å². The van der Waals surface area contributed by atoms with Crippen LogP contribution in [0.5, 0.6) is 5.75 Å². The number of fused-ring (bicyclic) bond motifs is 1. The number of para-hydroxylation sites is 1. The molecule has 0 bridgehead atoms. The van der Waals surface area contributed by atoms with Gasteiger partial charge >= 0.3 is 0 Å². The highest BCUT2D eigenvalue weighted by atomic mass is 35.5. The van der Waals surface area contributed by atoms with Crippen molar-refractivity contribution in [3.63, 3.8) is 0 Å². The van der Waals surface area contributed by atoms with Gasteiger partial charge in [-0.05, 0) is 54.6 Å². The SMILES string of the molecule is O=C(CS(=O)(=O)c1ccc(Cl)cc1)Nc1ccc(O)c(-c2nc3ccccc3s2)c1. The maximum absolute atomic E-state index is 12.4. The van der Waals surface area contributed by atoms with Crippen molar-refractivity contribution in [2.75, 3.05) is 11.1 Å². The van der Waals surface area contributed by atoms with Gasteiger partial charge in [0.25, 0.3) is 0 Å². The summed E-state index contributed by atoms with van der Waals surface area (Å²) in [5.41, 5.74) is 1.62. The first-order valence-electron chi connectivity index (χ1n) is 8.79. The summed E-state index contributed by atoms with van der Waals surface area (Å²) in [7, 11) is -3.81. The highest BCUT2D eigenvalue weighted by molar-refractivity contribution is 7.92. The van der Waals surface area contributed by atoms with Crippen LogP contribution in [0.15, 0.2) is 71.6 Å². The Bertz CT molecular complexity index is 1320. The fraction of sp³-hybridized carbons (Fsp3) is 0.0476. The second-order valence-corrected chi connectivity index (χ2v) is 9.94. The van der Waals surface area contributed by atoms with Crippen molar-refractivity contribution in [3.8, 4) is 16.3 Å². The van der Waals surface area contributed by atoms with E-state index in [-0.39, 0.29) is 10.6 Å². The first-order chi connectivity index (χ1) is 14.3. The number of rotatable bonds is 5. The maximum Gasteiger partial charge on any atom is 0.239 e. The van der Waals surface area contributed by atoms with Crippen LogP contribution in [0.25, 0.3) is 20.8 Å². The predicted molar refractivity (Wildman–Crippen MR) is 119 cm³/mol. The third-order valence-electron chi connectivity index (χ3n) is 4.30. The molecule has 0 saturated carbocycles. The molecule has 1 aromatic heterocycles. The molecule has 2 N–H and O–H groups in total. The Kier molecular flexibility index (Phi) is 5.46. The van der Waals surface area contributed by atoms with Gasteiger partial charge < -0.3 is 10.4 Å². The Labute approximate surface area is 181 Å². The lowest BCUT2D eigenvalue weighted by Gasteiger charge is -2.09. The molecule has 4 aromatic rings. The van der Waals surface area contributed by atoms with Crippen molar-refractivity contribution in [2.24, 2.45) is 0 Å². The summed E-state index contributed by atoms with van der Waals surface area (Å²) in [5, 5.41) is 13.8. The molecule has 0 radical (unpaired) electrons. The van der Waals surface area contributed by atoms with E-state index in [2.05, 4.69) is 10.3 Å². The largest absolute Gasteiger partial charge is 0.507 e. The monoisotopic (exact) mass is 458 g/mol. The Morgan fingerprint density at radius 2 is 1.80 bits per heavy atom. The molecule has 0 atom stereocenters. The van der Waals surface area contributed by atoms with Crippen LogP contribution >= 0.6 is 22.9 Å². The number of anilines is 1. The second kappa shape index (κ2) is 8.06. The number of halogens is 1. The molecule has 0 unspecified atom stereocenters. The number of hydrogen-bond donors (Lipinski definition) is 2. The van der Waals surface area contributed by atoms with Gasteiger partial charge in [0.2, 0.25) is 5.91 Å². The summed E-state index contributed by atoms with van der Waals surface area (Å²) in [4.78, 5) is 16.9. The van der Waals surface area contributed by atoms with E-state index in [1.54, 1.807) is 6.07 Å². The number of hydrogen-bond acceptors (Lipinski definition) is 6. The average molecular weight is 459 g/mol. The molecule has 6 nitrogen and oxygen atoms in total. The normalized spacial score (nSPS) is 11.5. The molecule has 1 amide bonds. The second-order valence-electron chi connectivity index (χ2n) is 6.48. The highest BCUT2D eigenvalue weighted by Crippen LogP contribution is 2.36. The molecule has 4 rings (SSSR count). The Morgan fingerprint density at radius 1 is 1.07 bits per heavy atom. The summed E-state index contributed by atoms with van der Waals surface area (Å²) in [6.45, 7) is 0. The lowest BCUT2D eigenvalue weighted by molar-refractivity contribution is -0.113. The Hall–Kier alpha value is -2.94. The number of aromatic nitrogens is 1. The van der Waals surface area contributed by atoms with Crippen molar-refractivity contribution in [1.29, 1.82) is 0 Å². The number of thiazole rings is 1. The smallest absolute Gasteiger partial charge is 0.239 e. The lowest BCUT2D eigenvalue weighted by atomic mass is 10.2. The molecule has 0 aliphatic rings. The molecule has 1 heterocycles.